The molecule has 1 aromatic heterocycles. The van der Waals surface area contributed by atoms with Crippen molar-refractivity contribution in [3.05, 3.63) is 11.4 Å². The van der Waals surface area contributed by atoms with Crippen LogP contribution >= 0.6 is 0 Å². The van der Waals surface area contributed by atoms with E-state index in [1.165, 1.54) is 0 Å². The Morgan fingerprint density at radius 1 is 1.57 bits per heavy atom. The van der Waals surface area contributed by atoms with Crippen LogP contribution in [0.15, 0.2) is 0 Å². The van der Waals surface area contributed by atoms with Crippen molar-refractivity contribution in [3.8, 4) is 5.75 Å². The molecule has 0 amide bonds. The van der Waals surface area contributed by atoms with Crippen LogP contribution in [-0.4, -0.2) is 20.7 Å². The smallest absolute Gasteiger partial charge is 0.436 e. The van der Waals surface area contributed by atoms with E-state index >= 15 is 0 Å². The predicted octanol–water partition coefficient (Wildman–Crippen LogP) is 0.429. The summed E-state index contributed by atoms with van der Waals surface area (Å²) in [5, 5.41) is 19.2. The number of nitrogens with one attached hydrogen (secondary N) is 1. The van der Waals surface area contributed by atoms with Crippen molar-refractivity contribution in [3.63, 3.8) is 0 Å². The summed E-state index contributed by atoms with van der Waals surface area (Å²) in [6, 6.07) is 0. The second kappa shape index (κ2) is 2.89. The summed E-state index contributed by atoms with van der Waals surface area (Å²) in [5.41, 5.74) is 3.03. The molecule has 0 atom stereocenters. The summed E-state index contributed by atoms with van der Waals surface area (Å²) in [4.78, 5) is 0. The highest BCUT2D eigenvalue weighted by molar-refractivity contribution is 5.95. The van der Waals surface area contributed by atoms with Gasteiger partial charge in [-0.1, -0.05) is 0 Å². The molecule has 1 heterocycles. The normalized spacial score (nSPS) is 11.7. The zero-order valence-electron chi connectivity index (χ0n) is 7.05. The Labute approximate surface area is 76.4 Å². The van der Waals surface area contributed by atoms with Gasteiger partial charge in [0, 0.05) is 7.05 Å². The summed E-state index contributed by atoms with van der Waals surface area (Å²) >= 11 is 0. The first-order valence-corrected chi connectivity index (χ1v) is 3.42. The maximum Gasteiger partial charge on any atom is 0.436 e. The van der Waals surface area contributed by atoms with Crippen molar-refractivity contribution >= 4 is 5.84 Å². The van der Waals surface area contributed by atoms with Gasteiger partial charge in [0.2, 0.25) is 0 Å². The summed E-state index contributed by atoms with van der Waals surface area (Å²) < 4.78 is 37.2. The lowest BCUT2D eigenvalue weighted by atomic mass is 10.3. The van der Waals surface area contributed by atoms with E-state index in [4.69, 9.17) is 16.2 Å². The number of rotatable bonds is 1. The highest BCUT2D eigenvalue weighted by atomic mass is 19.4. The second-order valence-electron chi connectivity index (χ2n) is 2.58. The van der Waals surface area contributed by atoms with Crippen LogP contribution in [-0.2, 0) is 13.2 Å². The van der Waals surface area contributed by atoms with Gasteiger partial charge in [0.25, 0.3) is 0 Å². The third-order valence-electron chi connectivity index (χ3n) is 1.55. The van der Waals surface area contributed by atoms with Crippen molar-refractivity contribution in [2.24, 2.45) is 12.8 Å². The van der Waals surface area contributed by atoms with Gasteiger partial charge in [-0.25, -0.2) is 0 Å². The molecule has 0 aliphatic rings. The number of nitrogens with zero attached hydrogens (tertiary/aromatic N) is 2. The number of aryl methyl sites for hydroxylation is 1. The minimum Gasteiger partial charge on any atom is -0.504 e. The number of nitrogens with two attached hydrogens (primary N) is 1. The van der Waals surface area contributed by atoms with Gasteiger partial charge < -0.3 is 10.8 Å². The Morgan fingerprint density at radius 3 is 2.29 bits per heavy atom. The fourth-order valence-corrected chi connectivity index (χ4v) is 1.01. The number of nitrogen functional groups attached to an aromatic ring is 1. The monoisotopic (exact) mass is 208 g/mol. The molecule has 4 N–H and O–H groups in total. The van der Waals surface area contributed by atoms with Crippen molar-refractivity contribution in [2.45, 2.75) is 6.18 Å². The lowest BCUT2D eigenvalue weighted by Gasteiger charge is -2.05. The molecule has 0 fully saturated rings. The van der Waals surface area contributed by atoms with E-state index in [-0.39, 0.29) is 0 Å². The maximum atomic E-state index is 12.3. The fraction of sp³-hybridized carbons (Fsp3) is 0.333. The standard InChI is InChI=1S/C6H7F3N4O/c1-13-4(6(7,8)9)3(14)2(12-13)5(10)11/h14H,1H3,(H3,10,11). The molecule has 0 radical (unpaired) electrons. The van der Waals surface area contributed by atoms with Crippen molar-refractivity contribution in [1.82, 2.24) is 9.78 Å². The molecule has 0 saturated carbocycles. The molecule has 0 spiro atoms. The van der Waals surface area contributed by atoms with E-state index in [9.17, 15) is 13.2 Å². The maximum absolute atomic E-state index is 12.3. The largest absolute Gasteiger partial charge is 0.504 e. The molecule has 0 aliphatic heterocycles. The zero-order valence-corrected chi connectivity index (χ0v) is 7.05. The average molecular weight is 208 g/mol. The Hall–Kier alpha value is -1.73. The topological polar surface area (TPSA) is 87.9 Å². The number of halogens is 3. The van der Waals surface area contributed by atoms with E-state index < -0.39 is 29.1 Å². The Bertz CT molecular complexity index is 381. The molecule has 1 aromatic rings. The molecule has 1 rings (SSSR count). The van der Waals surface area contributed by atoms with Gasteiger partial charge >= 0.3 is 6.18 Å². The van der Waals surface area contributed by atoms with E-state index in [1.807, 2.05) is 0 Å². The first kappa shape index (κ1) is 10.4. The minimum atomic E-state index is -4.72. The summed E-state index contributed by atoms with van der Waals surface area (Å²) in [6.07, 6.45) is -4.72. The van der Waals surface area contributed by atoms with Crippen LogP contribution in [0.4, 0.5) is 13.2 Å². The van der Waals surface area contributed by atoms with Gasteiger partial charge in [-0.05, 0) is 0 Å². The van der Waals surface area contributed by atoms with Gasteiger partial charge in [0.15, 0.2) is 17.1 Å². The Balaban J connectivity index is 3.40. The quantitative estimate of drug-likeness (QED) is 0.462. The van der Waals surface area contributed by atoms with Crippen LogP contribution in [0.5, 0.6) is 5.75 Å². The van der Waals surface area contributed by atoms with Crippen LogP contribution in [0.2, 0.25) is 0 Å². The molecular weight excluding hydrogens is 201 g/mol. The number of amidine groups is 1. The molecule has 0 aromatic carbocycles. The van der Waals surface area contributed by atoms with E-state index in [0.717, 1.165) is 7.05 Å². The lowest BCUT2D eigenvalue weighted by molar-refractivity contribution is -0.144. The highest BCUT2D eigenvalue weighted by Crippen LogP contribution is 2.36. The van der Waals surface area contributed by atoms with Gasteiger partial charge in [-0.2, -0.15) is 18.3 Å². The van der Waals surface area contributed by atoms with Crippen LogP contribution in [0.3, 0.4) is 0 Å². The number of hydrogen-bond acceptors (Lipinski definition) is 3. The molecular formula is C6H7F3N4O. The fourth-order valence-electron chi connectivity index (χ4n) is 1.01. The molecule has 8 heteroatoms. The number of alkyl halides is 3. The molecule has 0 saturated heterocycles. The van der Waals surface area contributed by atoms with Gasteiger partial charge in [0.05, 0.1) is 0 Å². The van der Waals surface area contributed by atoms with E-state index in [0.29, 0.717) is 4.68 Å². The first-order valence-electron chi connectivity index (χ1n) is 3.42. The highest BCUT2D eigenvalue weighted by Gasteiger charge is 2.40. The lowest BCUT2D eigenvalue weighted by Crippen LogP contribution is -2.12. The van der Waals surface area contributed by atoms with E-state index in [1.54, 1.807) is 0 Å². The summed E-state index contributed by atoms with van der Waals surface area (Å²) in [7, 11) is 1.01. The zero-order chi connectivity index (χ0) is 11.1. The first-order chi connectivity index (χ1) is 6.25. The molecule has 0 unspecified atom stereocenters. The summed E-state index contributed by atoms with van der Waals surface area (Å²) in [6.45, 7) is 0. The molecule has 0 bridgehead atoms. The third-order valence-corrected chi connectivity index (χ3v) is 1.55. The molecule has 5 nitrogen and oxygen atoms in total. The van der Waals surface area contributed by atoms with E-state index in [2.05, 4.69) is 5.10 Å². The molecule has 0 aliphatic carbocycles. The Morgan fingerprint density at radius 2 is 2.07 bits per heavy atom. The van der Waals surface area contributed by atoms with Crippen LogP contribution < -0.4 is 5.73 Å². The van der Waals surface area contributed by atoms with Gasteiger partial charge in [0.1, 0.15) is 5.84 Å². The van der Waals surface area contributed by atoms with Gasteiger partial charge in [-0.3, -0.25) is 10.1 Å². The van der Waals surface area contributed by atoms with Crippen molar-refractivity contribution in [1.29, 1.82) is 5.41 Å². The predicted molar refractivity (Wildman–Crippen MR) is 40.9 cm³/mol. The third kappa shape index (κ3) is 1.50. The number of aromatic hydroxyl groups is 1. The average Bonchev–Trinajstić information content (AvgIpc) is 2.24. The molecule has 14 heavy (non-hydrogen) atoms. The van der Waals surface area contributed by atoms with Crippen molar-refractivity contribution in [2.75, 3.05) is 0 Å². The SMILES string of the molecule is Cn1nc(C(=N)N)c(O)c1C(F)(F)F. The molecule has 78 valence electrons. The number of hydrogen-bond donors (Lipinski definition) is 3. The van der Waals surface area contributed by atoms with Crippen molar-refractivity contribution < 1.29 is 18.3 Å². The second-order valence-corrected chi connectivity index (χ2v) is 2.58. The van der Waals surface area contributed by atoms with Crippen LogP contribution in [0.1, 0.15) is 11.4 Å². The van der Waals surface area contributed by atoms with Crippen LogP contribution in [0.25, 0.3) is 0 Å². The van der Waals surface area contributed by atoms with Crippen LogP contribution in [0, 0.1) is 5.41 Å². The minimum absolute atomic E-state index is 0.437. The summed E-state index contributed by atoms with van der Waals surface area (Å²) in [5.74, 6) is -1.83. The van der Waals surface area contributed by atoms with Gasteiger partial charge in [-0.15, -0.1) is 0 Å². The number of aromatic nitrogens is 2. The Kier molecular flexibility index (Phi) is 2.14.